The second kappa shape index (κ2) is 6.25. The van der Waals surface area contributed by atoms with Gasteiger partial charge in [-0.25, -0.2) is 4.79 Å². The number of nitrogens with one attached hydrogen (secondary N) is 1. The summed E-state index contributed by atoms with van der Waals surface area (Å²) in [5.74, 6) is -0.885. The number of carboxylic acids is 1. The molecule has 0 radical (unpaired) electrons. The molecule has 0 unspecified atom stereocenters. The van der Waals surface area contributed by atoms with E-state index in [1.807, 2.05) is 33.2 Å². The van der Waals surface area contributed by atoms with Gasteiger partial charge in [0.25, 0.3) is 0 Å². The first-order valence-electron chi connectivity index (χ1n) is 5.73. The molecule has 2 N–H and O–H groups in total. The first-order chi connectivity index (χ1) is 8.00. The quantitative estimate of drug-likeness (QED) is 0.742. The molecule has 0 aliphatic rings. The van der Waals surface area contributed by atoms with Crippen molar-refractivity contribution in [2.45, 2.75) is 13.3 Å². The van der Waals surface area contributed by atoms with E-state index in [-0.39, 0.29) is 0 Å². The Hall–Kier alpha value is -1.55. The highest BCUT2D eigenvalue weighted by Crippen LogP contribution is 2.17. The summed E-state index contributed by atoms with van der Waals surface area (Å²) in [5, 5.41) is 12.3. The minimum absolute atomic E-state index is 0.342. The molecule has 0 fully saturated rings. The third-order valence-electron chi connectivity index (χ3n) is 2.50. The molecule has 1 aromatic rings. The van der Waals surface area contributed by atoms with Crippen LogP contribution in [0.1, 0.15) is 22.3 Å². The molecule has 94 valence electrons. The zero-order valence-corrected chi connectivity index (χ0v) is 10.7. The van der Waals surface area contributed by atoms with E-state index in [2.05, 4.69) is 10.2 Å². The normalized spacial score (nSPS) is 10.6. The van der Waals surface area contributed by atoms with Crippen LogP contribution in [0, 0.1) is 6.92 Å². The van der Waals surface area contributed by atoms with Gasteiger partial charge >= 0.3 is 5.97 Å². The van der Waals surface area contributed by atoms with E-state index in [1.54, 1.807) is 6.07 Å². The molecular formula is C13H20N2O2. The second-order valence-electron chi connectivity index (χ2n) is 4.44. The predicted octanol–water partition coefficient (Wildman–Crippen LogP) is 2.06. The molecular weight excluding hydrogens is 216 g/mol. The summed E-state index contributed by atoms with van der Waals surface area (Å²) in [6.45, 7) is 3.66. The summed E-state index contributed by atoms with van der Waals surface area (Å²) < 4.78 is 0. The topological polar surface area (TPSA) is 52.6 Å². The van der Waals surface area contributed by atoms with Crippen LogP contribution in [-0.4, -0.2) is 43.2 Å². The zero-order chi connectivity index (χ0) is 12.8. The van der Waals surface area contributed by atoms with Crippen molar-refractivity contribution < 1.29 is 9.90 Å². The fourth-order valence-corrected chi connectivity index (χ4v) is 1.61. The summed E-state index contributed by atoms with van der Waals surface area (Å²) >= 11 is 0. The molecule has 0 spiro atoms. The highest BCUT2D eigenvalue weighted by atomic mass is 16.4. The van der Waals surface area contributed by atoms with Crippen molar-refractivity contribution in [3.8, 4) is 0 Å². The van der Waals surface area contributed by atoms with Gasteiger partial charge < -0.3 is 15.3 Å². The highest BCUT2D eigenvalue weighted by Gasteiger charge is 2.09. The number of anilines is 1. The molecule has 4 heteroatoms. The van der Waals surface area contributed by atoms with Crippen molar-refractivity contribution in [3.05, 3.63) is 29.3 Å². The summed E-state index contributed by atoms with van der Waals surface area (Å²) in [4.78, 5) is 13.2. The summed E-state index contributed by atoms with van der Waals surface area (Å²) in [7, 11) is 4.04. The zero-order valence-electron chi connectivity index (χ0n) is 10.7. The first kappa shape index (κ1) is 13.5. The van der Waals surface area contributed by atoms with Gasteiger partial charge in [0.05, 0.1) is 5.56 Å². The molecule has 0 aromatic heterocycles. The average molecular weight is 236 g/mol. The van der Waals surface area contributed by atoms with Crippen LogP contribution in [0.3, 0.4) is 0 Å². The number of hydrogen-bond donors (Lipinski definition) is 2. The fourth-order valence-electron chi connectivity index (χ4n) is 1.61. The van der Waals surface area contributed by atoms with Gasteiger partial charge in [-0.05, 0) is 46.1 Å². The van der Waals surface area contributed by atoms with Crippen molar-refractivity contribution in [3.63, 3.8) is 0 Å². The van der Waals surface area contributed by atoms with Crippen LogP contribution < -0.4 is 5.32 Å². The second-order valence-corrected chi connectivity index (χ2v) is 4.44. The predicted molar refractivity (Wildman–Crippen MR) is 69.8 cm³/mol. The van der Waals surface area contributed by atoms with Crippen LogP contribution in [0.25, 0.3) is 0 Å². The standard InChI is InChI=1S/C13H20N2O2/c1-10-5-6-12(11(9-10)13(16)17)14-7-4-8-15(2)3/h5-6,9,14H,4,7-8H2,1-3H3,(H,16,17). The van der Waals surface area contributed by atoms with Gasteiger partial charge in [-0.3, -0.25) is 0 Å². The summed E-state index contributed by atoms with van der Waals surface area (Å²) in [5.41, 5.74) is 2.00. The molecule has 4 nitrogen and oxygen atoms in total. The lowest BCUT2D eigenvalue weighted by Crippen LogP contribution is -2.17. The largest absolute Gasteiger partial charge is 0.478 e. The lowest BCUT2D eigenvalue weighted by Gasteiger charge is -2.12. The van der Waals surface area contributed by atoms with E-state index in [9.17, 15) is 4.79 Å². The van der Waals surface area contributed by atoms with Gasteiger partial charge in [0.2, 0.25) is 0 Å². The van der Waals surface area contributed by atoms with E-state index >= 15 is 0 Å². The van der Waals surface area contributed by atoms with Gasteiger partial charge in [-0.1, -0.05) is 11.6 Å². The Labute approximate surface area is 102 Å². The van der Waals surface area contributed by atoms with Crippen LogP contribution in [0.5, 0.6) is 0 Å². The van der Waals surface area contributed by atoms with Crippen molar-refractivity contribution in [1.29, 1.82) is 0 Å². The number of aromatic carboxylic acids is 1. The molecule has 0 aliphatic carbocycles. The third-order valence-corrected chi connectivity index (χ3v) is 2.50. The summed E-state index contributed by atoms with van der Waals surface area (Å²) in [6.07, 6.45) is 0.986. The molecule has 0 heterocycles. The number of carboxylic acid groups (broad SMARTS) is 1. The lowest BCUT2D eigenvalue weighted by molar-refractivity contribution is 0.0698. The number of benzene rings is 1. The minimum Gasteiger partial charge on any atom is -0.478 e. The third kappa shape index (κ3) is 4.44. The monoisotopic (exact) mass is 236 g/mol. The van der Waals surface area contributed by atoms with Crippen LogP contribution in [0.2, 0.25) is 0 Å². The van der Waals surface area contributed by atoms with Crippen LogP contribution in [0.4, 0.5) is 5.69 Å². The molecule has 0 amide bonds. The Morgan fingerprint density at radius 1 is 1.41 bits per heavy atom. The Morgan fingerprint density at radius 3 is 2.71 bits per heavy atom. The highest BCUT2D eigenvalue weighted by molar-refractivity contribution is 5.94. The van der Waals surface area contributed by atoms with E-state index in [4.69, 9.17) is 5.11 Å². The molecule has 1 rings (SSSR count). The van der Waals surface area contributed by atoms with E-state index in [0.29, 0.717) is 11.3 Å². The molecule has 17 heavy (non-hydrogen) atoms. The summed E-state index contributed by atoms with van der Waals surface area (Å²) in [6, 6.07) is 5.44. The maximum Gasteiger partial charge on any atom is 0.337 e. The van der Waals surface area contributed by atoms with Gasteiger partial charge in [0, 0.05) is 12.2 Å². The molecule has 0 saturated heterocycles. The van der Waals surface area contributed by atoms with Crippen LogP contribution in [-0.2, 0) is 0 Å². The first-order valence-corrected chi connectivity index (χ1v) is 5.73. The van der Waals surface area contributed by atoms with Crippen LogP contribution in [0.15, 0.2) is 18.2 Å². The van der Waals surface area contributed by atoms with Gasteiger partial charge in [0.1, 0.15) is 0 Å². The van der Waals surface area contributed by atoms with E-state index < -0.39 is 5.97 Å². The SMILES string of the molecule is Cc1ccc(NCCCN(C)C)c(C(=O)O)c1. The number of rotatable bonds is 6. The molecule has 0 saturated carbocycles. The Bertz CT molecular complexity index is 389. The molecule has 1 aromatic carbocycles. The molecule has 0 aliphatic heterocycles. The van der Waals surface area contributed by atoms with Crippen molar-refractivity contribution in [1.82, 2.24) is 4.90 Å². The lowest BCUT2D eigenvalue weighted by atomic mass is 10.1. The Kier molecular flexibility index (Phi) is 4.97. The number of nitrogens with zero attached hydrogens (tertiary/aromatic N) is 1. The number of hydrogen-bond acceptors (Lipinski definition) is 3. The maximum atomic E-state index is 11.1. The van der Waals surface area contributed by atoms with Crippen molar-refractivity contribution in [2.75, 3.05) is 32.5 Å². The average Bonchev–Trinajstić information content (AvgIpc) is 2.25. The van der Waals surface area contributed by atoms with Crippen LogP contribution >= 0.6 is 0 Å². The van der Waals surface area contributed by atoms with Gasteiger partial charge in [0.15, 0.2) is 0 Å². The number of aryl methyl sites for hydroxylation is 1. The molecule has 0 bridgehead atoms. The van der Waals surface area contributed by atoms with Crippen molar-refractivity contribution in [2.24, 2.45) is 0 Å². The number of carbonyl (C=O) groups is 1. The van der Waals surface area contributed by atoms with E-state index in [1.165, 1.54) is 0 Å². The van der Waals surface area contributed by atoms with Gasteiger partial charge in [-0.15, -0.1) is 0 Å². The Balaban J connectivity index is 2.61. The van der Waals surface area contributed by atoms with Crippen molar-refractivity contribution >= 4 is 11.7 Å². The fraction of sp³-hybridized carbons (Fsp3) is 0.462. The van der Waals surface area contributed by atoms with Gasteiger partial charge in [-0.2, -0.15) is 0 Å². The smallest absolute Gasteiger partial charge is 0.337 e. The Morgan fingerprint density at radius 2 is 2.12 bits per heavy atom. The molecule has 0 atom stereocenters. The van der Waals surface area contributed by atoms with E-state index in [0.717, 1.165) is 25.1 Å². The minimum atomic E-state index is -0.885. The maximum absolute atomic E-state index is 11.1.